The van der Waals surface area contributed by atoms with E-state index in [1.165, 1.54) is 315 Å². The highest BCUT2D eigenvalue weighted by Gasteiger charge is 2.19. The van der Waals surface area contributed by atoms with Crippen molar-refractivity contribution in [2.45, 2.75) is 425 Å². The lowest BCUT2D eigenvalue weighted by Gasteiger charge is -2.18. The molecule has 0 aromatic carbocycles. The number of allylic oxidation sites excluding steroid dienone is 2. The van der Waals surface area contributed by atoms with Gasteiger partial charge in [0.1, 0.15) is 13.2 Å². The van der Waals surface area contributed by atoms with Crippen molar-refractivity contribution >= 4 is 17.9 Å². The Morgan fingerprint density at radius 1 is 0.241 bits per heavy atom. The molecule has 6 heteroatoms. The van der Waals surface area contributed by atoms with Crippen LogP contribution in [0.1, 0.15) is 419 Å². The van der Waals surface area contributed by atoms with Gasteiger partial charge >= 0.3 is 17.9 Å². The van der Waals surface area contributed by atoms with Gasteiger partial charge in [0.05, 0.1) is 0 Å². The predicted molar refractivity (Wildman–Crippen MR) is 344 cm³/mol. The van der Waals surface area contributed by atoms with E-state index < -0.39 is 6.10 Å². The molecule has 0 N–H and O–H groups in total. The standard InChI is InChI=1S/C73H140O6/c1-4-7-10-13-16-19-22-25-28-31-33-34-35-36-37-38-39-41-42-45-48-51-54-57-60-63-66-72(75)78-69-70(68-77-71(74)65-62-59-56-53-50-47-44-30-27-24-21-18-15-12-9-6-3)79-73(76)67-64-61-58-55-52-49-46-43-40-32-29-26-23-20-17-14-11-8-5-2/h30,44,70H,4-29,31-43,45-69H2,1-3H3/b44-30-. The van der Waals surface area contributed by atoms with E-state index in [-0.39, 0.29) is 31.1 Å². The van der Waals surface area contributed by atoms with Crippen molar-refractivity contribution in [1.82, 2.24) is 0 Å². The maximum Gasteiger partial charge on any atom is 0.306 e. The molecule has 0 heterocycles. The van der Waals surface area contributed by atoms with Gasteiger partial charge < -0.3 is 14.2 Å². The Kier molecular flexibility index (Phi) is 67.0. The monoisotopic (exact) mass is 1110 g/mol. The van der Waals surface area contributed by atoms with E-state index in [0.717, 1.165) is 64.2 Å². The van der Waals surface area contributed by atoms with E-state index >= 15 is 0 Å². The molecule has 0 bridgehead atoms. The van der Waals surface area contributed by atoms with Crippen LogP contribution < -0.4 is 0 Å². The lowest BCUT2D eigenvalue weighted by atomic mass is 10.0. The Morgan fingerprint density at radius 3 is 0.633 bits per heavy atom. The zero-order chi connectivity index (χ0) is 57.1. The summed E-state index contributed by atoms with van der Waals surface area (Å²) in [6.07, 6.45) is 82.5. The van der Waals surface area contributed by atoms with Crippen LogP contribution in [0.15, 0.2) is 12.2 Å². The molecule has 79 heavy (non-hydrogen) atoms. The minimum Gasteiger partial charge on any atom is -0.462 e. The van der Waals surface area contributed by atoms with Gasteiger partial charge in [-0.2, -0.15) is 0 Å². The molecule has 6 nitrogen and oxygen atoms in total. The molecule has 0 aromatic rings. The Morgan fingerprint density at radius 2 is 0.418 bits per heavy atom. The maximum atomic E-state index is 13.0. The fourth-order valence-electron chi connectivity index (χ4n) is 11.3. The van der Waals surface area contributed by atoms with E-state index in [4.69, 9.17) is 14.2 Å². The average molecular weight is 1110 g/mol. The number of carbonyl (C=O) groups excluding carboxylic acids is 3. The normalized spacial score (nSPS) is 12.0. The van der Waals surface area contributed by atoms with Gasteiger partial charge in [0.2, 0.25) is 0 Å². The van der Waals surface area contributed by atoms with E-state index in [2.05, 4.69) is 32.9 Å². The largest absolute Gasteiger partial charge is 0.462 e. The molecule has 0 aliphatic rings. The minimum atomic E-state index is -0.770. The van der Waals surface area contributed by atoms with Crippen molar-refractivity contribution in [2.24, 2.45) is 0 Å². The first-order chi connectivity index (χ1) is 39.0. The zero-order valence-corrected chi connectivity index (χ0v) is 53.9. The van der Waals surface area contributed by atoms with Gasteiger partial charge in [0.25, 0.3) is 0 Å². The van der Waals surface area contributed by atoms with Gasteiger partial charge in [-0.15, -0.1) is 0 Å². The average Bonchev–Trinajstić information content (AvgIpc) is 3.45. The quantitative estimate of drug-likeness (QED) is 0.0261. The third kappa shape index (κ3) is 66.8. The first kappa shape index (κ1) is 77.2. The van der Waals surface area contributed by atoms with Crippen LogP contribution in [0.25, 0.3) is 0 Å². The lowest BCUT2D eigenvalue weighted by Crippen LogP contribution is -2.30. The molecule has 0 amide bonds. The summed E-state index contributed by atoms with van der Waals surface area (Å²) in [5.41, 5.74) is 0. The first-order valence-electron chi connectivity index (χ1n) is 36.2. The van der Waals surface area contributed by atoms with Crippen LogP contribution in [0.4, 0.5) is 0 Å². The molecular formula is C73H140O6. The molecule has 0 spiro atoms. The minimum absolute atomic E-state index is 0.0655. The summed E-state index contributed by atoms with van der Waals surface area (Å²) in [6.45, 7) is 6.73. The Labute approximate surface area is 494 Å². The molecule has 1 unspecified atom stereocenters. The smallest absolute Gasteiger partial charge is 0.306 e. The topological polar surface area (TPSA) is 78.9 Å². The summed E-state index contributed by atoms with van der Waals surface area (Å²) in [5, 5.41) is 0. The van der Waals surface area contributed by atoms with Crippen LogP contribution in [-0.4, -0.2) is 37.2 Å². The summed E-state index contributed by atoms with van der Waals surface area (Å²) < 4.78 is 17.0. The molecule has 0 radical (unpaired) electrons. The summed E-state index contributed by atoms with van der Waals surface area (Å²) in [5.74, 6) is -0.837. The van der Waals surface area contributed by atoms with Gasteiger partial charge in [0, 0.05) is 19.3 Å². The van der Waals surface area contributed by atoms with E-state index in [1.807, 2.05) is 0 Å². The van der Waals surface area contributed by atoms with Crippen LogP contribution in [0, 0.1) is 0 Å². The molecule has 0 aromatic heterocycles. The fourth-order valence-corrected chi connectivity index (χ4v) is 11.3. The molecular weight excluding hydrogens is 973 g/mol. The van der Waals surface area contributed by atoms with Gasteiger partial charge in [-0.3, -0.25) is 14.4 Å². The van der Waals surface area contributed by atoms with Crippen molar-refractivity contribution in [3.63, 3.8) is 0 Å². The van der Waals surface area contributed by atoms with Crippen molar-refractivity contribution in [3.05, 3.63) is 12.2 Å². The number of rotatable bonds is 68. The molecule has 0 aliphatic carbocycles. The summed E-state index contributed by atoms with van der Waals surface area (Å²) in [4.78, 5) is 38.5. The highest BCUT2D eigenvalue weighted by atomic mass is 16.6. The zero-order valence-electron chi connectivity index (χ0n) is 53.9. The Balaban J connectivity index is 4.23. The SMILES string of the molecule is CCCCCCCCC/C=C\CCCCCCCC(=O)OCC(COC(=O)CCCCCCCCCCCCCCCCCCCCCCCCCCCC)OC(=O)CCCCCCCCCCCCCCCCCCCCC. The third-order valence-electron chi connectivity index (χ3n) is 16.8. The Bertz CT molecular complexity index is 1230. The highest BCUT2D eigenvalue weighted by molar-refractivity contribution is 5.71. The lowest BCUT2D eigenvalue weighted by molar-refractivity contribution is -0.167. The molecule has 0 saturated carbocycles. The van der Waals surface area contributed by atoms with Crippen LogP contribution in [-0.2, 0) is 28.6 Å². The van der Waals surface area contributed by atoms with Crippen LogP contribution >= 0.6 is 0 Å². The van der Waals surface area contributed by atoms with Crippen LogP contribution in [0.2, 0.25) is 0 Å². The maximum absolute atomic E-state index is 13.0. The van der Waals surface area contributed by atoms with Crippen molar-refractivity contribution in [1.29, 1.82) is 0 Å². The van der Waals surface area contributed by atoms with Crippen LogP contribution in [0.3, 0.4) is 0 Å². The van der Waals surface area contributed by atoms with Crippen molar-refractivity contribution in [3.8, 4) is 0 Å². The highest BCUT2D eigenvalue weighted by Crippen LogP contribution is 2.19. The molecule has 468 valence electrons. The Hall–Kier alpha value is -1.85. The second-order valence-electron chi connectivity index (χ2n) is 24.9. The molecule has 0 fully saturated rings. The van der Waals surface area contributed by atoms with E-state index in [9.17, 15) is 14.4 Å². The summed E-state index contributed by atoms with van der Waals surface area (Å²) in [7, 11) is 0. The second kappa shape index (κ2) is 68.6. The predicted octanol–water partition coefficient (Wildman–Crippen LogP) is 24.8. The van der Waals surface area contributed by atoms with E-state index in [0.29, 0.717) is 19.3 Å². The molecule has 1 atom stereocenters. The first-order valence-corrected chi connectivity index (χ1v) is 36.2. The van der Waals surface area contributed by atoms with Gasteiger partial charge in [-0.25, -0.2) is 0 Å². The third-order valence-corrected chi connectivity index (χ3v) is 16.8. The van der Waals surface area contributed by atoms with Gasteiger partial charge in [-0.1, -0.05) is 367 Å². The van der Waals surface area contributed by atoms with Crippen LogP contribution in [0.5, 0.6) is 0 Å². The van der Waals surface area contributed by atoms with Gasteiger partial charge in [-0.05, 0) is 44.9 Å². The number of unbranched alkanes of at least 4 members (excludes halogenated alkanes) is 55. The number of esters is 3. The second-order valence-corrected chi connectivity index (χ2v) is 24.9. The van der Waals surface area contributed by atoms with E-state index in [1.54, 1.807) is 0 Å². The number of ether oxygens (including phenoxy) is 3. The summed E-state index contributed by atoms with van der Waals surface area (Å²) in [6, 6.07) is 0. The number of hydrogen-bond acceptors (Lipinski definition) is 6. The fraction of sp³-hybridized carbons (Fsp3) is 0.932. The van der Waals surface area contributed by atoms with Gasteiger partial charge in [0.15, 0.2) is 6.10 Å². The van der Waals surface area contributed by atoms with Crippen molar-refractivity contribution < 1.29 is 28.6 Å². The number of carbonyl (C=O) groups is 3. The molecule has 0 aliphatic heterocycles. The number of hydrogen-bond donors (Lipinski definition) is 0. The molecule has 0 saturated heterocycles. The molecule has 0 rings (SSSR count). The summed E-state index contributed by atoms with van der Waals surface area (Å²) >= 11 is 0. The van der Waals surface area contributed by atoms with Crippen molar-refractivity contribution in [2.75, 3.05) is 13.2 Å².